The van der Waals surface area contributed by atoms with Crippen molar-refractivity contribution in [2.75, 3.05) is 27.2 Å². The van der Waals surface area contributed by atoms with E-state index in [0.29, 0.717) is 6.54 Å². The number of nitrogens with two attached hydrogens (primary N) is 1. The van der Waals surface area contributed by atoms with Gasteiger partial charge in [0.1, 0.15) is 0 Å². The summed E-state index contributed by atoms with van der Waals surface area (Å²) in [5, 5.41) is 2.99. The first-order valence-corrected chi connectivity index (χ1v) is 4.78. The van der Waals surface area contributed by atoms with E-state index in [9.17, 15) is 4.79 Å². The van der Waals surface area contributed by atoms with Crippen molar-refractivity contribution < 1.29 is 4.79 Å². The largest absolute Gasteiger partial charge is 0.343 e. The number of nitrogens with one attached hydrogen (secondary N) is 1. The molecule has 0 aliphatic carbocycles. The minimum Gasteiger partial charge on any atom is -0.343 e. The SMILES string of the molecule is CCC[C@H](N)C(=O)N(C)CCNC. The van der Waals surface area contributed by atoms with Gasteiger partial charge in [0.25, 0.3) is 0 Å². The number of nitrogens with zero attached hydrogens (tertiary/aromatic N) is 1. The fourth-order valence-electron chi connectivity index (χ4n) is 1.11. The summed E-state index contributed by atoms with van der Waals surface area (Å²) in [4.78, 5) is 13.2. The summed E-state index contributed by atoms with van der Waals surface area (Å²) in [5.41, 5.74) is 5.69. The molecule has 1 atom stereocenters. The minimum absolute atomic E-state index is 0.0390. The van der Waals surface area contributed by atoms with Crippen LogP contribution in [-0.2, 0) is 4.79 Å². The van der Waals surface area contributed by atoms with Crippen molar-refractivity contribution >= 4 is 5.91 Å². The van der Waals surface area contributed by atoms with E-state index in [1.165, 1.54) is 0 Å². The third-order valence-corrected chi connectivity index (χ3v) is 1.99. The molecule has 0 radical (unpaired) electrons. The van der Waals surface area contributed by atoms with Gasteiger partial charge in [-0.15, -0.1) is 0 Å². The molecule has 0 saturated carbocycles. The number of likely N-dealkylation sites (N-methyl/N-ethyl adjacent to an activating group) is 2. The van der Waals surface area contributed by atoms with Gasteiger partial charge in [0.15, 0.2) is 0 Å². The molecule has 4 nitrogen and oxygen atoms in total. The monoisotopic (exact) mass is 187 g/mol. The van der Waals surface area contributed by atoms with E-state index in [1.807, 2.05) is 14.0 Å². The maximum Gasteiger partial charge on any atom is 0.239 e. The highest BCUT2D eigenvalue weighted by atomic mass is 16.2. The molecule has 0 aromatic rings. The average molecular weight is 187 g/mol. The molecule has 0 heterocycles. The van der Waals surface area contributed by atoms with Gasteiger partial charge in [-0.2, -0.15) is 0 Å². The molecule has 13 heavy (non-hydrogen) atoms. The second-order valence-corrected chi connectivity index (χ2v) is 3.26. The van der Waals surface area contributed by atoms with E-state index < -0.39 is 0 Å². The Morgan fingerprint density at radius 1 is 1.62 bits per heavy atom. The number of carbonyl (C=O) groups is 1. The zero-order valence-corrected chi connectivity index (χ0v) is 8.84. The Morgan fingerprint density at radius 3 is 2.69 bits per heavy atom. The van der Waals surface area contributed by atoms with Crippen molar-refractivity contribution in [1.29, 1.82) is 0 Å². The molecule has 1 amide bonds. The number of hydrogen-bond donors (Lipinski definition) is 2. The third-order valence-electron chi connectivity index (χ3n) is 1.99. The van der Waals surface area contributed by atoms with E-state index in [2.05, 4.69) is 5.32 Å². The summed E-state index contributed by atoms with van der Waals surface area (Å²) in [5.74, 6) is 0.0390. The fourth-order valence-corrected chi connectivity index (χ4v) is 1.11. The van der Waals surface area contributed by atoms with Crippen LogP contribution < -0.4 is 11.1 Å². The Kier molecular flexibility index (Phi) is 6.54. The topological polar surface area (TPSA) is 58.4 Å². The van der Waals surface area contributed by atoms with Crippen LogP contribution in [0.25, 0.3) is 0 Å². The van der Waals surface area contributed by atoms with E-state index in [1.54, 1.807) is 11.9 Å². The second-order valence-electron chi connectivity index (χ2n) is 3.26. The Morgan fingerprint density at radius 2 is 2.23 bits per heavy atom. The highest BCUT2D eigenvalue weighted by Gasteiger charge is 2.15. The van der Waals surface area contributed by atoms with E-state index in [0.717, 1.165) is 19.4 Å². The minimum atomic E-state index is -0.327. The Bertz CT molecular complexity index is 150. The van der Waals surface area contributed by atoms with Crippen molar-refractivity contribution in [3.63, 3.8) is 0 Å². The zero-order valence-electron chi connectivity index (χ0n) is 8.84. The highest BCUT2D eigenvalue weighted by molar-refractivity contribution is 5.81. The van der Waals surface area contributed by atoms with Crippen LogP contribution in [0.15, 0.2) is 0 Å². The molecule has 3 N–H and O–H groups in total. The van der Waals surface area contributed by atoms with Crippen molar-refractivity contribution in [2.24, 2.45) is 5.73 Å². The second kappa shape index (κ2) is 6.86. The number of hydrogen-bond acceptors (Lipinski definition) is 3. The smallest absolute Gasteiger partial charge is 0.239 e. The molecule has 0 rings (SSSR count). The fraction of sp³-hybridized carbons (Fsp3) is 0.889. The van der Waals surface area contributed by atoms with Crippen LogP contribution in [-0.4, -0.2) is 44.0 Å². The van der Waals surface area contributed by atoms with Crippen LogP contribution >= 0.6 is 0 Å². The Labute approximate surface area is 80.5 Å². The third kappa shape index (κ3) is 4.85. The van der Waals surface area contributed by atoms with Crippen LogP contribution in [0.5, 0.6) is 0 Å². The van der Waals surface area contributed by atoms with E-state index in [-0.39, 0.29) is 11.9 Å². The van der Waals surface area contributed by atoms with Crippen LogP contribution in [0.3, 0.4) is 0 Å². The van der Waals surface area contributed by atoms with Gasteiger partial charge in [-0.05, 0) is 13.5 Å². The van der Waals surface area contributed by atoms with E-state index >= 15 is 0 Å². The maximum absolute atomic E-state index is 11.5. The van der Waals surface area contributed by atoms with Gasteiger partial charge in [-0.25, -0.2) is 0 Å². The average Bonchev–Trinajstić information content (AvgIpc) is 2.13. The lowest BCUT2D eigenvalue weighted by Crippen LogP contribution is -2.43. The van der Waals surface area contributed by atoms with Crippen molar-refractivity contribution in [2.45, 2.75) is 25.8 Å². The van der Waals surface area contributed by atoms with Crippen molar-refractivity contribution in [1.82, 2.24) is 10.2 Å². The Hall–Kier alpha value is -0.610. The summed E-state index contributed by atoms with van der Waals surface area (Å²) >= 11 is 0. The first-order chi connectivity index (χ1) is 6.13. The predicted molar refractivity (Wildman–Crippen MR) is 54.4 cm³/mol. The molecule has 0 aliphatic rings. The van der Waals surface area contributed by atoms with Gasteiger partial charge in [0, 0.05) is 20.1 Å². The molecule has 0 aromatic heterocycles. The lowest BCUT2D eigenvalue weighted by molar-refractivity contribution is -0.131. The molecule has 78 valence electrons. The van der Waals surface area contributed by atoms with Gasteiger partial charge in [0.05, 0.1) is 6.04 Å². The number of amides is 1. The quantitative estimate of drug-likeness (QED) is 0.605. The summed E-state index contributed by atoms with van der Waals surface area (Å²) in [6, 6.07) is -0.327. The van der Waals surface area contributed by atoms with Gasteiger partial charge in [0.2, 0.25) is 5.91 Å². The molecule has 0 spiro atoms. The Balaban J connectivity index is 3.79. The molecule has 0 aromatic carbocycles. The molecular weight excluding hydrogens is 166 g/mol. The first kappa shape index (κ1) is 12.4. The van der Waals surface area contributed by atoms with Crippen LogP contribution in [0.1, 0.15) is 19.8 Å². The summed E-state index contributed by atoms with van der Waals surface area (Å²) < 4.78 is 0. The van der Waals surface area contributed by atoms with Gasteiger partial charge in [-0.1, -0.05) is 13.3 Å². The van der Waals surface area contributed by atoms with Gasteiger partial charge >= 0.3 is 0 Å². The van der Waals surface area contributed by atoms with Gasteiger partial charge in [-0.3, -0.25) is 4.79 Å². The zero-order chi connectivity index (χ0) is 10.3. The lowest BCUT2D eigenvalue weighted by atomic mass is 10.1. The first-order valence-electron chi connectivity index (χ1n) is 4.78. The van der Waals surface area contributed by atoms with E-state index in [4.69, 9.17) is 5.73 Å². The summed E-state index contributed by atoms with van der Waals surface area (Å²) in [6.07, 6.45) is 1.72. The van der Waals surface area contributed by atoms with Crippen LogP contribution in [0.4, 0.5) is 0 Å². The molecule has 0 unspecified atom stereocenters. The van der Waals surface area contributed by atoms with Crippen molar-refractivity contribution in [3.8, 4) is 0 Å². The normalized spacial score (nSPS) is 12.6. The predicted octanol–water partition coefficient (Wildman–Crippen LogP) is -0.208. The molecule has 0 bridgehead atoms. The standard InChI is InChI=1S/C9H21N3O/c1-4-5-8(10)9(13)12(3)7-6-11-2/h8,11H,4-7,10H2,1-3H3/t8-/m0/s1. The molecule has 0 aliphatic heterocycles. The number of rotatable bonds is 6. The molecular formula is C9H21N3O. The summed E-state index contributed by atoms with van der Waals surface area (Å²) in [7, 11) is 3.65. The van der Waals surface area contributed by atoms with Crippen LogP contribution in [0, 0.1) is 0 Å². The maximum atomic E-state index is 11.5. The molecule has 0 saturated heterocycles. The van der Waals surface area contributed by atoms with Crippen LogP contribution in [0.2, 0.25) is 0 Å². The number of carbonyl (C=O) groups excluding carboxylic acids is 1. The molecule has 4 heteroatoms. The highest BCUT2D eigenvalue weighted by Crippen LogP contribution is 1.97. The molecule has 0 fully saturated rings. The van der Waals surface area contributed by atoms with Gasteiger partial charge < -0.3 is 16.0 Å². The lowest BCUT2D eigenvalue weighted by Gasteiger charge is -2.20. The van der Waals surface area contributed by atoms with Crippen molar-refractivity contribution in [3.05, 3.63) is 0 Å². The summed E-state index contributed by atoms with van der Waals surface area (Å²) in [6.45, 7) is 3.55.